The predicted octanol–water partition coefficient (Wildman–Crippen LogP) is 2.33. The van der Waals surface area contributed by atoms with Gasteiger partial charge in [-0.1, -0.05) is 17.7 Å². The molecule has 2 unspecified atom stereocenters. The van der Waals surface area contributed by atoms with Gasteiger partial charge in [0, 0.05) is 42.4 Å². The van der Waals surface area contributed by atoms with Gasteiger partial charge in [-0.05, 0) is 38.6 Å². The highest BCUT2D eigenvalue weighted by Gasteiger charge is 2.27. The Labute approximate surface area is 115 Å². The minimum Gasteiger partial charge on any atom is -0.368 e. The van der Waals surface area contributed by atoms with Crippen LogP contribution in [0.5, 0.6) is 0 Å². The van der Waals surface area contributed by atoms with E-state index in [1.54, 1.807) is 0 Å². The summed E-state index contributed by atoms with van der Waals surface area (Å²) in [5.41, 5.74) is 8.19. The molecule has 2 rings (SSSR count). The third-order valence-corrected chi connectivity index (χ3v) is 4.20. The van der Waals surface area contributed by atoms with Gasteiger partial charge in [0.2, 0.25) is 0 Å². The van der Waals surface area contributed by atoms with Crippen molar-refractivity contribution >= 4 is 17.3 Å². The van der Waals surface area contributed by atoms with Crippen LogP contribution in [0.1, 0.15) is 19.4 Å². The van der Waals surface area contributed by atoms with Crippen molar-refractivity contribution in [3.8, 4) is 0 Å². The van der Waals surface area contributed by atoms with Gasteiger partial charge in [-0.2, -0.15) is 0 Å². The number of nitrogens with zero attached hydrogens (tertiary/aromatic N) is 2. The second-order valence-electron chi connectivity index (χ2n) is 5.25. The zero-order valence-corrected chi connectivity index (χ0v) is 12.1. The van der Waals surface area contributed by atoms with Crippen LogP contribution in [0.4, 0.5) is 5.69 Å². The standard InChI is InChI=1S/C14H22ClN3/c1-10-8-18(9-11(2)17(10)3)14-6-13(15)5-4-12(14)7-16/h4-6,10-11H,7-9,16H2,1-3H3. The van der Waals surface area contributed by atoms with Crippen LogP contribution in [-0.2, 0) is 6.54 Å². The highest BCUT2D eigenvalue weighted by Crippen LogP contribution is 2.28. The van der Waals surface area contributed by atoms with E-state index in [0.717, 1.165) is 18.1 Å². The van der Waals surface area contributed by atoms with Crippen LogP contribution in [0, 0.1) is 0 Å². The molecule has 1 saturated heterocycles. The van der Waals surface area contributed by atoms with E-state index in [2.05, 4.69) is 30.7 Å². The fourth-order valence-electron chi connectivity index (χ4n) is 2.61. The van der Waals surface area contributed by atoms with Gasteiger partial charge in [0.25, 0.3) is 0 Å². The predicted molar refractivity (Wildman–Crippen MR) is 78.2 cm³/mol. The molecule has 4 heteroatoms. The van der Waals surface area contributed by atoms with Crippen LogP contribution in [0.15, 0.2) is 18.2 Å². The van der Waals surface area contributed by atoms with Crippen LogP contribution in [0.25, 0.3) is 0 Å². The first-order valence-electron chi connectivity index (χ1n) is 6.48. The molecule has 0 amide bonds. The Morgan fingerprint density at radius 1 is 1.28 bits per heavy atom. The van der Waals surface area contributed by atoms with E-state index in [-0.39, 0.29) is 0 Å². The molecule has 1 aliphatic rings. The number of rotatable bonds is 2. The molecule has 0 spiro atoms. The fourth-order valence-corrected chi connectivity index (χ4v) is 2.77. The molecule has 1 heterocycles. The van der Waals surface area contributed by atoms with E-state index < -0.39 is 0 Å². The largest absolute Gasteiger partial charge is 0.368 e. The zero-order chi connectivity index (χ0) is 13.3. The number of piperazine rings is 1. The van der Waals surface area contributed by atoms with Crippen molar-refractivity contribution in [1.82, 2.24) is 4.90 Å². The van der Waals surface area contributed by atoms with Crippen LogP contribution >= 0.6 is 11.6 Å². The molecule has 3 nitrogen and oxygen atoms in total. The van der Waals surface area contributed by atoms with Gasteiger partial charge < -0.3 is 10.6 Å². The number of benzene rings is 1. The molecule has 0 saturated carbocycles. The highest BCUT2D eigenvalue weighted by molar-refractivity contribution is 6.30. The van der Waals surface area contributed by atoms with E-state index in [1.165, 1.54) is 11.3 Å². The molecule has 1 aromatic rings. The lowest BCUT2D eigenvalue weighted by molar-refractivity contribution is 0.170. The molecule has 18 heavy (non-hydrogen) atoms. The van der Waals surface area contributed by atoms with Gasteiger partial charge in [-0.15, -0.1) is 0 Å². The molecule has 2 atom stereocenters. The average molecular weight is 268 g/mol. The normalized spacial score (nSPS) is 25.5. The van der Waals surface area contributed by atoms with Crippen molar-refractivity contribution in [2.75, 3.05) is 25.0 Å². The Balaban J connectivity index is 2.28. The zero-order valence-electron chi connectivity index (χ0n) is 11.4. The SMILES string of the molecule is CC1CN(c2cc(Cl)ccc2CN)CC(C)N1C. The number of anilines is 1. The second-order valence-corrected chi connectivity index (χ2v) is 5.68. The monoisotopic (exact) mass is 267 g/mol. The minimum absolute atomic E-state index is 0.540. The van der Waals surface area contributed by atoms with E-state index >= 15 is 0 Å². The van der Waals surface area contributed by atoms with E-state index in [1.807, 2.05) is 18.2 Å². The first kappa shape index (κ1) is 13.7. The van der Waals surface area contributed by atoms with Gasteiger partial charge in [-0.3, -0.25) is 4.90 Å². The van der Waals surface area contributed by atoms with Gasteiger partial charge in [0.1, 0.15) is 0 Å². The van der Waals surface area contributed by atoms with E-state index in [0.29, 0.717) is 18.6 Å². The van der Waals surface area contributed by atoms with Crippen LogP contribution in [0.2, 0.25) is 5.02 Å². The lowest BCUT2D eigenvalue weighted by atomic mass is 10.1. The maximum absolute atomic E-state index is 6.12. The van der Waals surface area contributed by atoms with Crippen LogP contribution in [-0.4, -0.2) is 37.1 Å². The summed E-state index contributed by atoms with van der Waals surface area (Å²) < 4.78 is 0. The van der Waals surface area contributed by atoms with Crippen molar-refractivity contribution in [1.29, 1.82) is 0 Å². The summed E-state index contributed by atoms with van der Waals surface area (Å²) in [6.45, 7) is 7.12. The molecule has 100 valence electrons. The highest BCUT2D eigenvalue weighted by atomic mass is 35.5. The molecule has 0 radical (unpaired) electrons. The number of hydrogen-bond acceptors (Lipinski definition) is 3. The molecule has 1 aromatic carbocycles. The molecular formula is C14H22ClN3. The van der Waals surface area contributed by atoms with Crippen molar-refractivity contribution < 1.29 is 0 Å². The fraction of sp³-hybridized carbons (Fsp3) is 0.571. The van der Waals surface area contributed by atoms with Crippen molar-refractivity contribution in [3.63, 3.8) is 0 Å². The van der Waals surface area contributed by atoms with Gasteiger partial charge in [0.05, 0.1) is 0 Å². The third kappa shape index (κ3) is 2.63. The molecule has 0 aromatic heterocycles. The van der Waals surface area contributed by atoms with Gasteiger partial charge >= 0.3 is 0 Å². The molecule has 0 aliphatic carbocycles. The molecule has 1 aliphatic heterocycles. The Morgan fingerprint density at radius 3 is 2.44 bits per heavy atom. The van der Waals surface area contributed by atoms with Crippen molar-refractivity contribution in [2.45, 2.75) is 32.5 Å². The van der Waals surface area contributed by atoms with Crippen LogP contribution < -0.4 is 10.6 Å². The number of hydrogen-bond donors (Lipinski definition) is 1. The summed E-state index contributed by atoms with van der Waals surface area (Å²) in [4.78, 5) is 4.83. The minimum atomic E-state index is 0.540. The van der Waals surface area contributed by atoms with E-state index in [4.69, 9.17) is 17.3 Å². The Bertz CT molecular complexity index is 410. The van der Waals surface area contributed by atoms with Crippen molar-refractivity contribution in [3.05, 3.63) is 28.8 Å². The maximum atomic E-state index is 6.12. The lowest BCUT2D eigenvalue weighted by Crippen LogP contribution is -2.55. The summed E-state index contributed by atoms with van der Waals surface area (Å²) in [7, 11) is 2.19. The number of likely N-dealkylation sites (N-methyl/N-ethyl adjacent to an activating group) is 1. The number of halogens is 1. The topological polar surface area (TPSA) is 32.5 Å². The van der Waals surface area contributed by atoms with Crippen LogP contribution in [0.3, 0.4) is 0 Å². The third-order valence-electron chi connectivity index (χ3n) is 3.97. The Morgan fingerprint density at radius 2 is 1.89 bits per heavy atom. The molecular weight excluding hydrogens is 246 g/mol. The molecule has 2 N–H and O–H groups in total. The second kappa shape index (κ2) is 5.47. The summed E-state index contributed by atoms with van der Waals surface area (Å²) in [6, 6.07) is 7.06. The maximum Gasteiger partial charge on any atom is 0.0427 e. The first-order valence-corrected chi connectivity index (χ1v) is 6.86. The average Bonchev–Trinajstić information content (AvgIpc) is 2.35. The molecule has 1 fully saturated rings. The smallest absolute Gasteiger partial charge is 0.0427 e. The molecule has 0 bridgehead atoms. The summed E-state index contributed by atoms with van der Waals surface area (Å²) in [5, 5.41) is 0.779. The quantitative estimate of drug-likeness (QED) is 0.893. The van der Waals surface area contributed by atoms with Gasteiger partial charge in [-0.25, -0.2) is 0 Å². The summed E-state index contributed by atoms with van der Waals surface area (Å²) in [5.74, 6) is 0. The van der Waals surface area contributed by atoms with Crippen molar-refractivity contribution in [2.24, 2.45) is 5.73 Å². The Hall–Kier alpha value is -0.770. The first-order chi connectivity index (χ1) is 8.52. The van der Waals surface area contributed by atoms with Gasteiger partial charge in [0.15, 0.2) is 0 Å². The summed E-state index contributed by atoms with van der Waals surface area (Å²) >= 11 is 6.12. The lowest BCUT2D eigenvalue weighted by Gasteiger charge is -2.44. The van der Waals surface area contributed by atoms with E-state index in [9.17, 15) is 0 Å². The Kier molecular flexibility index (Phi) is 4.15. The summed E-state index contributed by atoms with van der Waals surface area (Å²) in [6.07, 6.45) is 0. The number of nitrogens with two attached hydrogens (primary N) is 1.